The van der Waals surface area contributed by atoms with E-state index >= 15 is 0 Å². The number of allylic oxidation sites excluding steroid dienone is 1. The zero-order chi connectivity index (χ0) is 24.9. The third-order valence-electron chi connectivity index (χ3n) is 5.31. The molecule has 1 amide bonds. The van der Waals surface area contributed by atoms with E-state index in [0.29, 0.717) is 34.0 Å². The highest BCUT2D eigenvalue weighted by Crippen LogP contribution is 2.44. The SMILES string of the molecule is CCOC(=O)C1=C(C)N=C2SC=CN2[C@H]1c1cc(Br)ccc1OCC(=O)Nc1ccc(OC)cc1. The number of nitrogens with one attached hydrogen (secondary N) is 1. The number of hydrogen-bond donors (Lipinski definition) is 1. The fourth-order valence-electron chi connectivity index (χ4n) is 3.76. The lowest BCUT2D eigenvalue weighted by Crippen LogP contribution is -2.34. The lowest BCUT2D eigenvalue weighted by molar-refractivity contribution is -0.139. The maximum absolute atomic E-state index is 13.0. The molecule has 0 radical (unpaired) electrons. The number of aliphatic imine (C=N–C) groups is 1. The molecule has 2 aromatic rings. The van der Waals surface area contributed by atoms with E-state index in [2.05, 4.69) is 26.2 Å². The highest BCUT2D eigenvalue weighted by molar-refractivity contribution is 9.10. The average Bonchev–Trinajstić information content (AvgIpc) is 3.31. The first kappa shape index (κ1) is 24.9. The highest BCUT2D eigenvalue weighted by Gasteiger charge is 2.39. The summed E-state index contributed by atoms with van der Waals surface area (Å²) in [7, 11) is 1.58. The fourth-order valence-corrected chi connectivity index (χ4v) is 4.93. The molecule has 0 fully saturated rings. The molecule has 2 aromatic carbocycles. The molecule has 2 aliphatic heterocycles. The van der Waals surface area contributed by atoms with Crippen molar-refractivity contribution in [1.82, 2.24) is 4.90 Å². The predicted octanol–water partition coefficient (Wildman–Crippen LogP) is 5.24. The number of rotatable bonds is 8. The van der Waals surface area contributed by atoms with Crippen molar-refractivity contribution in [3.8, 4) is 11.5 Å². The third-order valence-corrected chi connectivity index (χ3v) is 6.58. The second kappa shape index (κ2) is 11.0. The van der Waals surface area contributed by atoms with Crippen LogP contribution in [-0.2, 0) is 14.3 Å². The normalized spacial score (nSPS) is 16.5. The number of methoxy groups -OCH3 is 1. The molecule has 0 aromatic heterocycles. The second-order valence-electron chi connectivity index (χ2n) is 7.57. The van der Waals surface area contributed by atoms with E-state index in [1.165, 1.54) is 11.8 Å². The van der Waals surface area contributed by atoms with E-state index in [-0.39, 0.29) is 19.1 Å². The molecule has 0 saturated heterocycles. The van der Waals surface area contributed by atoms with Gasteiger partial charge in [0.25, 0.3) is 5.91 Å². The monoisotopic (exact) mass is 557 g/mol. The van der Waals surface area contributed by atoms with Crippen LogP contribution in [0.3, 0.4) is 0 Å². The lowest BCUT2D eigenvalue weighted by atomic mass is 9.94. The van der Waals surface area contributed by atoms with Crippen LogP contribution in [0.25, 0.3) is 0 Å². The molecule has 1 atom stereocenters. The van der Waals surface area contributed by atoms with Gasteiger partial charge in [-0.3, -0.25) is 4.79 Å². The summed E-state index contributed by atoms with van der Waals surface area (Å²) in [5.41, 5.74) is 2.34. The number of carbonyl (C=O) groups excluding carboxylic acids is 2. The van der Waals surface area contributed by atoms with Crippen molar-refractivity contribution in [3.63, 3.8) is 0 Å². The molecular weight excluding hydrogens is 534 g/mol. The van der Waals surface area contributed by atoms with Gasteiger partial charge in [0.1, 0.15) is 11.5 Å². The molecule has 10 heteroatoms. The Morgan fingerprint density at radius 3 is 2.69 bits per heavy atom. The fraction of sp³-hybridized carbons (Fsp3) is 0.240. The standard InChI is InChI=1S/C25H24BrN3O5S/c1-4-33-24(31)22-15(2)27-25-29(11-12-35-25)23(22)19-13-16(26)5-10-20(19)34-14-21(30)28-17-6-8-18(32-3)9-7-17/h5-13,23H,4,14H2,1-3H3,(H,28,30)/t23-/m0/s1. The Labute approximate surface area is 216 Å². The highest BCUT2D eigenvalue weighted by atomic mass is 79.9. The molecule has 4 rings (SSSR count). The molecule has 2 heterocycles. The first-order valence-corrected chi connectivity index (χ1v) is 12.5. The number of esters is 1. The second-order valence-corrected chi connectivity index (χ2v) is 9.36. The summed E-state index contributed by atoms with van der Waals surface area (Å²) in [4.78, 5) is 32.0. The summed E-state index contributed by atoms with van der Waals surface area (Å²) < 4.78 is 17.3. The van der Waals surface area contributed by atoms with Crippen LogP contribution in [0.2, 0.25) is 0 Å². The summed E-state index contributed by atoms with van der Waals surface area (Å²) in [6.45, 7) is 3.59. The molecule has 0 spiro atoms. The number of carbonyl (C=O) groups is 2. The zero-order valence-electron chi connectivity index (χ0n) is 19.4. The van der Waals surface area contributed by atoms with Gasteiger partial charge < -0.3 is 24.4 Å². The minimum Gasteiger partial charge on any atom is -0.497 e. The average molecular weight is 558 g/mol. The van der Waals surface area contributed by atoms with Crippen molar-refractivity contribution in [2.24, 2.45) is 4.99 Å². The van der Waals surface area contributed by atoms with Crippen LogP contribution in [0.15, 0.2) is 74.8 Å². The summed E-state index contributed by atoms with van der Waals surface area (Å²) in [6, 6.07) is 12.0. The van der Waals surface area contributed by atoms with E-state index in [1.54, 1.807) is 51.3 Å². The number of anilines is 1. The van der Waals surface area contributed by atoms with Crippen LogP contribution >= 0.6 is 27.7 Å². The van der Waals surface area contributed by atoms with Crippen LogP contribution in [0, 0.1) is 0 Å². The summed E-state index contributed by atoms with van der Waals surface area (Å²) >= 11 is 5.00. The number of benzene rings is 2. The molecule has 0 bridgehead atoms. The Balaban J connectivity index is 1.60. The molecule has 0 saturated carbocycles. The van der Waals surface area contributed by atoms with Crippen molar-refractivity contribution >= 4 is 50.4 Å². The Kier molecular flexibility index (Phi) is 7.82. The summed E-state index contributed by atoms with van der Waals surface area (Å²) in [6.07, 6.45) is 1.88. The quantitative estimate of drug-likeness (QED) is 0.443. The van der Waals surface area contributed by atoms with Crippen LogP contribution < -0.4 is 14.8 Å². The smallest absolute Gasteiger partial charge is 0.338 e. The number of amides is 1. The minimum absolute atomic E-state index is 0.212. The largest absolute Gasteiger partial charge is 0.497 e. The number of amidine groups is 1. The number of ether oxygens (including phenoxy) is 3. The van der Waals surface area contributed by atoms with Gasteiger partial charge in [-0.1, -0.05) is 27.7 Å². The lowest BCUT2D eigenvalue weighted by Gasteiger charge is -2.34. The molecule has 182 valence electrons. The van der Waals surface area contributed by atoms with Crippen molar-refractivity contribution in [3.05, 3.63) is 75.4 Å². The minimum atomic E-state index is -0.523. The first-order chi connectivity index (χ1) is 16.9. The van der Waals surface area contributed by atoms with Crippen LogP contribution in [0.5, 0.6) is 11.5 Å². The first-order valence-electron chi connectivity index (χ1n) is 10.9. The molecule has 35 heavy (non-hydrogen) atoms. The third kappa shape index (κ3) is 5.54. The van der Waals surface area contributed by atoms with Gasteiger partial charge in [-0.25, -0.2) is 9.79 Å². The molecule has 8 nitrogen and oxygen atoms in total. The van der Waals surface area contributed by atoms with Gasteiger partial charge in [-0.2, -0.15) is 0 Å². The van der Waals surface area contributed by atoms with Gasteiger partial charge in [0, 0.05) is 21.9 Å². The van der Waals surface area contributed by atoms with E-state index < -0.39 is 12.0 Å². The van der Waals surface area contributed by atoms with Crippen LogP contribution in [-0.4, -0.2) is 42.3 Å². The van der Waals surface area contributed by atoms with Gasteiger partial charge in [-0.05, 0) is 61.7 Å². The van der Waals surface area contributed by atoms with Gasteiger partial charge >= 0.3 is 5.97 Å². The van der Waals surface area contributed by atoms with Crippen molar-refractivity contribution in [1.29, 1.82) is 0 Å². The van der Waals surface area contributed by atoms with Crippen molar-refractivity contribution in [2.75, 3.05) is 25.6 Å². The number of thioether (sulfide) groups is 1. The van der Waals surface area contributed by atoms with E-state index in [9.17, 15) is 9.59 Å². The van der Waals surface area contributed by atoms with Gasteiger partial charge in [0.2, 0.25) is 0 Å². The number of nitrogens with zero attached hydrogens (tertiary/aromatic N) is 2. The van der Waals surface area contributed by atoms with Gasteiger partial charge in [-0.15, -0.1) is 0 Å². The maximum atomic E-state index is 13.0. The van der Waals surface area contributed by atoms with Crippen molar-refractivity contribution in [2.45, 2.75) is 19.9 Å². The maximum Gasteiger partial charge on any atom is 0.338 e. The number of hydrogen-bond acceptors (Lipinski definition) is 8. The van der Waals surface area contributed by atoms with Crippen molar-refractivity contribution < 1.29 is 23.8 Å². The summed E-state index contributed by atoms with van der Waals surface area (Å²) in [5, 5.41) is 5.47. The molecular formula is C25H24BrN3O5S. The summed E-state index contributed by atoms with van der Waals surface area (Å²) in [5.74, 6) is 0.420. The van der Waals surface area contributed by atoms with E-state index in [0.717, 1.165) is 9.64 Å². The Bertz CT molecular complexity index is 1230. The molecule has 2 aliphatic rings. The number of fused-ring (bicyclic) bond motifs is 1. The molecule has 1 N–H and O–H groups in total. The van der Waals surface area contributed by atoms with Crippen LogP contribution in [0.1, 0.15) is 25.5 Å². The molecule has 0 aliphatic carbocycles. The van der Waals surface area contributed by atoms with E-state index in [4.69, 9.17) is 14.2 Å². The zero-order valence-corrected chi connectivity index (χ0v) is 21.8. The Morgan fingerprint density at radius 1 is 1.20 bits per heavy atom. The Hall–Kier alpha value is -3.24. The number of halogens is 1. The Morgan fingerprint density at radius 2 is 1.97 bits per heavy atom. The molecule has 0 unspecified atom stereocenters. The van der Waals surface area contributed by atoms with E-state index in [1.807, 2.05) is 28.6 Å². The van der Waals surface area contributed by atoms with Gasteiger partial charge in [0.05, 0.1) is 31.0 Å². The predicted molar refractivity (Wildman–Crippen MR) is 139 cm³/mol. The topological polar surface area (TPSA) is 89.5 Å². The van der Waals surface area contributed by atoms with Gasteiger partial charge in [0.15, 0.2) is 11.8 Å². The van der Waals surface area contributed by atoms with Crippen LogP contribution in [0.4, 0.5) is 5.69 Å².